The number of benzene rings is 1. The summed E-state index contributed by atoms with van der Waals surface area (Å²) in [6.07, 6.45) is 2.11. The zero-order valence-corrected chi connectivity index (χ0v) is 15.1. The molecule has 1 aromatic heterocycles. The summed E-state index contributed by atoms with van der Waals surface area (Å²) in [5, 5.41) is 6.98. The van der Waals surface area contributed by atoms with Crippen molar-refractivity contribution in [2.45, 2.75) is 20.4 Å². The first kappa shape index (κ1) is 17.8. The summed E-state index contributed by atoms with van der Waals surface area (Å²) in [6.45, 7) is 10.4. The largest absolute Gasteiger partial charge is 0.379 e. The fraction of sp³-hybridized carbons (Fsp3) is 0.526. The predicted molar refractivity (Wildman–Crippen MR) is 101 cm³/mol. The number of aromatic nitrogens is 1. The van der Waals surface area contributed by atoms with E-state index in [1.807, 2.05) is 12.1 Å². The van der Waals surface area contributed by atoms with Crippen LogP contribution in [0.1, 0.15) is 13.8 Å². The van der Waals surface area contributed by atoms with E-state index >= 15 is 0 Å². The molecule has 0 unspecified atom stereocenters. The Labute approximate surface area is 149 Å². The molecule has 0 radical (unpaired) electrons. The third-order valence-electron chi connectivity index (χ3n) is 4.41. The van der Waals surface area contributed by atoms with Gasteiger partial charge in [0.1, 0.15) is 0 Å². The van der Waals surface area contributed by atoms with Crippen LogP contribution in [0.4, 0.5) is 10.5 Å². The molecule has 0 aliphatic carbocycles. The summed E-state index contributed by atoms with van der Waals surface area (Å²) < 4.78 is 7.58. The minimum atomic E-state index is -0.158. The van der Waals surface area contributed by atoms with Crippen LogP contribution in [-0.4, -0.2) is 54.9 Å². The van der Waals surface area contributed by atoms with E-state index in [1.54, 1.807) is 0 Å². The van der Waals surface area contributed by atoms with Gasteiger partial charge in [0, 0.05) is 55.5 Å². The van der Waals surface area contributed by atoms with Crippen LogP contribution in [-0.2, 0) is 11.3 Å². The zero-order valence-electron chi connectivity index (χ0n) is 15.1. The van der Waals surface area contributed by atoms with Crippen LogP contribution in [0, 0.1) is 5.92 Å². The van der Waals surface area contributed by atoms with Crippen molar-refractivity contribution in [2.24, 2.45) is 5.92 Å². The van der Waals surface area contributed by atoms with Crippen molar-refractivity contribution in [2.75, 3.05) is 44.7 Å². The maximum atomic E-state index is 12.1. The van der Waals surface area contributed by atoms with Crippen LogP contribution in [0.25, 0.3) is 10.9 Å². The number of nitrogens with zero attached hydrogens (tertiary/aromatic N) is 2. The molecule has 1 aromatic carbocycles. The topological polar surface area (TPSA) is 58.5 Å². The van der Waals surface area contributed by atoms with Gasteiger partial charge in [0.15, 0.2) is 0 Å². The summed E-state index contributed by atoms with van der Waals surface area (Å²) in [4.78, 5) is 14.4. The average molecular weight is 344 g/mol. The first-order valence-corrected chi connectivity index (χ1v) is 9.05. The molecule has 2 N–H and O–H groups in total. The number of ether oxygens (including phenoxy) is 1. The van der Waals surface area contributed by atoms with Crippen molar-refractivity contribution in [3.63, 3.8) is 0 Å². The second kappa shape index (κ2) is 8.36. The fourth-order valence-electron chi connectivity index (χ4n) is 3.16. The molecular weight excluding hydrogens is 316 g/mol. The lowest BCUT2D eigenvalue weighted by atomic mass is 10.2. The Balaban J connectivity index is 1.50. The normalized spacial score (nSPS) is 15.6. The van der Waals surface area contributed by atoms with E-state index in [4.69, 9.17) is 4.74 Å². The molecule has 0 bridgehead atoms. The molecular formula is C19H28N4O2. The Hall–Kier alpha value is -2.05. The molecule has 3 rings (SSSR count). The first-order valence-electron chi connectivity index (χ1n) is 9.05. The molecule has 136 valence electrons. The van der Waals surface area contributed by atoms with E-state index < -0.39 is 0 Å². The van der Waals surface area contributed by atoms with Crippen molar-refractivity contribution < 1.29 is 9.53 Å². The quantitative estimate of drug-likeness (QED) is 0.847. The molecule has 1 aliphatic heterocycles. The van der Waals surface area contributed by atoms with Gasteiger partial charge in [0.25, 0.3) is 0 Å². The summed E-state index contributed by atoms with van der Waals surface area (Å²) in [5.74, 6) is 0.602. The van der Waals surface area contributed by atoms with Crippen LogP contribution in [0.2, 0.25) is 0 Å². The molecule has 1 saturated heterocycles. The predicted octanol–water partition coefficient (Wildman–Crippen LogP) is 2.75. The number of fused-ring (bicyclic) bond motifs is 1. The Morgan fingerprint density at radius 1 is 1.24 bits per heavy atom. The lowest BCUT2D eigenvalue weighted by Gasteiger charge is -2.26. The van der Waals surface area contributed by atoms with Gasteiger partial charge in [0.05, 0.1) is 13.2 Å². The molecule has 25 heavy (non-hydrogen) atoms. The highest BCUT2D eigenvalue weighted by Crippen LogP contribution is 2.21. The lowest BCUT2D eigenvalue weighted by Crippen LogP contribution is -2.42. The number of amides is 2. The minimum absolute atomic E-state index is 0.158. The highest BCUT2D eigenvalue weighted by atomic mass is 16.5. The maximum absolute atomic E-state index is 12.1. The summed E-state index contributed by atoms with van der Waals surface area (Å²) >= 11 is 0. The summed E-state index contributed by atoms with van der Waals surface area (Å²) in [6, 6.07) is 7.99. The van der Waals surface area contributed by atoms with Gasteiger partial charge in [-0.2, -0.15) is 0 Å². The number of morpholine rings is 1. The molecule has 0 atom stereocenters. The van der Waals surface area contributed by atoms with Crippen LogP contribution in [0.5, 0.6) is 0 Å². The van der Waals surface area contributed by atoms with Gasteiger partial charge in [-0.15, -0.1) is 0 Å². The van der Waals surface area contributed by atoms with Crippen molar-refractivity contribution in [3.05, 3.63) is 30.5 Å². The highest BCUT2D eigenvalue weighted by Gasteiger charge is 2.10. The Kier molecular flexibility index (Phi) is 5.94. The van der Waals surface area contributed by atoms with E-state index in [0.29, 0.717) is 12.5 Å². The van der Waals surface area contributed by atoms with E-state index in [1.165, 1.54) is 5.52 Å². The number of rotatable bonds is 6. The third-order valence-corrected chi connectivity index (χ3v) is 4.41. The molecule has 2 heterocycles. The van der Waals surface area contributed by atoms with Gasteiger partial charge in [-0.1, -0.05) is 13.8 Å². The van der Waals surface area contributed by atoms with E-state index in [-0.39, 0.29) is 6.03 Å². The molecule has 6 heteroatoms. The van der Waals surface area contributed by atoms with Gasteiger partial charge in [-0.25, -0.2) is 4.79 Å². The van der Waals surface area contributed by atoms with Gasteiger partial charge in [-0.3, -0.25) is 4.90 Å². The summed E-state index contributed by atoms with van der Waals surface area (Å²) in [5.41, 5.74) is 2.02. The van der Waals surface area contributed by atoms with E-state index in [9.17, 15) is 4.79 Å². The number of hydrogen-bond acceptors (Lipinski definition) is 3. The van der Waals surface area contributed by atoms with E-state index in [2.05, 4.69) is 52.3 Å². The SMILES string of the molecule is CC(C)Cn1ccc2cc(NC(=O)NCCN3CCOCC3)ccc21. The standard InChI is InChI=1S/C19H28N4O2/c1-15(2)14-23-7-5-16-13-17(3-4-18(16)23)21-19(24)20-6-8-22-9-11-25-12-10-22/h3-5,7,13,15H,6,8-12,14H2,1-2H3,(H2,20,21,24). The average Bonchev–Trinajstić information content (AvgIpc) is 2.97. The number of anilines is 1. The Bertz CT molecular complexity index is 705. The van der Waals surface area contributed by atoms with Crippen molar-refractivity contribution in [3.8, 4) is 0 Å². The molecule has 0 saturated carbocycles. The lowest BCUT2D eigenvalue weighted by molar-refractivity contribution is 0.0388. The molecule has 2 amide bonds. The van der Waals surface area contributed by atoms with Gasteiger partial charge >= 0.3 is 6.03 Å². The molecule has 1 fully saturated rings. The van der Waals surface area contributed by atoms with Gasteiger partial charge < -0.3 is 19.9 Å². The molecule has 2 aromatic rings. The van der Waals surface area contributed by atoms with Crippen molar-refractivity contribution >= 4 is 22.6 Å². The fourth-order valence-corrected chi connectivity index (χ4v) is 3.16. The second-order valence-electron chi connectivity index (χ2n) is 6.97. The Morgan fingerprint density at radius 2 is 2.04 bits per heavy atom. The number of carbonyl (C=O) groups excluding carboxylic acids is 1. The first-order chi connectivity index (χ1) is 12.1. The number of hydrogen-bond donors (Lipinski definition) is 2. The van der Waals surface area contributed by atoms with Crippen LogP contribution in [0.3, 0.4) is 0 Å². The zero-order chi connectivity index (χ0) is 17.6. The number of nitrogens with one attached hydrogen (secondary N) is 2. The van der Waals surface area contributed by atoms with Crippen LogP contribution < -0.4 is 10.6 Å². The smallest absolute Gasteiger partial charge is 0.319 e. The molecule has 1 aliphatic rings. The third kappa shape index (κ3) is 4.96. The monoisotopic (exact) mass is 344 g/mol. The summed E-state index contributed by atoms with van der Waals surface area (Å²) in [7, 11) is 0. The Morgan fingerprint density at radius 3 is 2.80 bits per heavy atom. The van der Waals surface area contributed by atoms with E-state index in [0.717, 1.165) is 50.5 Å². The highest BCUT2D eigenvalue weighted by molar-refractivity contribution is 5.92. The maximum Gasteiger partial charge on any atom is 0.319 e. The van der Waals surface area contributed by atoms with Crippen LogP contribution >= 0.6 is 0 Å². The van der Waals surface area contributed by atoms with Crippen molar-refractivity contribution in [1.29, 1.82) is 0 Å². The van der Waals surface area contributed by atoms with Gasteiger partial charge in [-0.05, 0) is 30.2 Å². The van der Waals surface area contributed by atoms with Crippen molar-refractivity contribution in [1.82, 2.24) is 14.8 Å². The molecule has 0 spiro atoms. The number of urea groups is 1. The number of carbonyl (C=O) groups is 1. The minimum Gasteiger partial charge on any atom is -0.379 e. The van der Waals surface area contributed by atoms with Gasteiger partial charge in [0.2, 0.25) is 0 Å². The van der Waals surface area contributed by atoms with Crippen LogP contribution in [0.15, 0.2) is 30.5 Å². The second-order valence-corrected chi connectivity index (χ2v) is 6.97. The molecule has 6 nitrogen and oxygen atoms in total.